The van der Waals surface area contributed by atoms with Crippen LogP contribution in [-0.4, -0.2) is 42.2 Å². The van der Waals surface area contributed by atoms with Crippen LogP contribution < -0.4 is 10.1 Å². The second-order valence-corrected chi connectivity index (χ2v) is 8.36. The van der Waals surface area contributed by atoms with Crippen molar-refractivity contribution in [1.29, 1.82) is 0 Å². The van der Waals surface area contributed by atoms with E-state index in [0.29, 0.717) is 37.6 Å². The zero-order valence-corrected chi connectivity index (χ0v) is 19.6. The molecule has 6 heteroatoms. The number of rotatable bonds is 11. The van der Waals surface area contributed by atoms with Crippen LogP contribution in [0.25, 0.3) is 0 Å². The number of aliphatic hydroxyl groups is 1. The molecule has 0 bridgehead atoms. The van der Waals surface area contributed by atoms with Crippen LogP contribution in [0.15, 0.2) is 103 Å². The maximum atomic E-state index is 13.7. The lowest BCUT2D eigenvalue weighted by Gasteiger charge is -2.30. The smallest absolute Gasteiger partial charge is 0.252 e. The number of nitrogens with zero attached hydrogens (tertiary/aromatic N) is 1. The van der Waals surface area contributed by atoms with Crippen molar-refractivity contribution in [3.05, 3.63) is 114 Å². The Hall–Kier alpha value is -3.90. The van der Waals surface area contributed by atoms with Gasteiger partial charge in [-0.25, -0.2) is 4.99 Å². The molecule has 1 aliphatic rings. The molecule has 0 unspecified atom stereocenters. The fourth-order valence-corrected chi connectivity index (χ4v) is 4.14. The molecule has 0 fully saturated rings. The van der Waals surface area contributed by atoms with Crippen molar-refractivity contribution in [2.45, 2.75) is 24.5 Å². The van der Waals surface area contributed by atoms with Gasteiger partial charge in [0.1, 0.15) is 5.75 Å². The molecule has 0 radical (unpaired) electrons. The van der Waals surface area contributed by atoms with E-state index in [-0.39, 0.29) is 12.5 Å². The number of aliphatic hydroxyl groups excluding tert-OH is 1. The third kappa shape index (κ3) is 5.61. The molecule has 2 atom stereocenters. The van der Waals surface area contributed by atoms with Gasteiger partial charge in [0.05, 0.1) is 6.61 Å². The average molecular weight is 471 g/mol. The number of carbonyl (C=O) groups is 1. The number of amides is 1. The summed E-state index contributed by atoms with van der Waals surface area (Å²) in [6.07, 6.45) is 1.99. The van der Waals surface area contributed by atoms with Crippen LogP contribution in [0, 0.1) is 0 Å². The van der Waals surface area contributed by atoms with Gasteiger partial charge in [-0.1, -0.05) is 66.7 Å². The Morgan fingerprint density at radius 2 is 1.74 bits per heavy atom. The van der Waals surface area contributed by atoms with E-state index in [4.69, 9.17) is 19.6 Å². The first-order valence-corrected chi connectivity index (χ1v) is 11.7. The lowest BCUT2D eigenvalue weighted by Crippen LogP contribution is -2.50. The van der Waals surface area contributed by atoms with E-state index in [1.807, 2.05) is 84.9 Å². The predicted molar refractivity (Wildman–Crippen MR) is 137 cm³/mol. The molecule has 4 rings (SSSR count). The van der Waals surface area contributed by atoms with Crippen molar-refractivity contribution in [1.82, 2.24) is 5.32 Å². The van der Waals surface area contributed by atoms with E-state index in [1.54, 1.807) is 6.08 Å². The van der Waals surface area contributed by atoms with Crippen LogP contribution in [0.2, 0.25) is 0 Å². The number of aliphatic imine (C=N–C) groups is 1. The van der Waals surface area contributed by atoms with Gasteiger partial charge >= 0.3 is 0 Å². The van der Waals surface area contributed by atoms with Crippen molar-refractivity contribution in [2.75, 3.05) is 19.8 Å². The average Bonchev–Trinajstić information content (AvgIpc) is 3.29. The molecule has 35 heavy (non-hydrogen) atoms. The van der Waals surface area contributed by atoms with Gasteiger partial charge in [0.2, 0.25) is 5.90 Å². The monoisotopic (exact) mass is 470 g/mol. The lowest BCUT2D eigenvalue weighted by atomic mass is 9.82. The maximum Gasteiger partial charge on any atom is 0.252 e. The summed E-state index contributed by atoms with van der Waals surface area (Å²) in [6.45, 7) is 4.59. The highest BCUT2D eigenvalue weighted by Crippen LogP contribution is 2.42. The van der Waals surface area contributed by atoms with Crippen molar-refractivity contribution < 1.29 is 19.4 Å². The number of carbonyl (C=O) groups excluding carboxylic acids is 1. The molecule has 3 aromatic rings. The molecule has 0 aliphatic carbocycles. The quantitative estimate of drug-likeness (QED) is 0.324. The number of hydrogen-bond donors (Lipinski definition) is 2. The number of ether oxygens (including phenoxy) is 2. The summed E-state index contributed by atoms with van der Waals surface area (Å²) in [5, 5.41) is 11.9. The molecule has 0 aromatic heterocycles. The Morgan fingerprint density at radius 1 is 1.06 bits per heavy atom. The van der Waals surface area contributed by atoms with Gasteiger partial charge < -0.3 is 19.9 Å². The molecule has 2 N–H and O–H groups in total. The Balaban J connectivity index is 1.74. The molecule has 0 saturated carbocycles. The zero-order chi connectivity index (χ0) is 24.5. The van der Waals surface area contributed by atoms with Crippen molar-refractivity contribution >= 4 is 11.8 Å². The number of benzene rings is 3. The van der Waals surface area contributed by atoms with Gasteiger partial charge in [0, 0.05) is 31.6 Å². The Kier molecular flexibility index (Phi) is 7.95. The van der Waals surface area contributed by atoms with Crippen molar-refractivity contribution in [3.63, 3.8) is 0 Å². The number of nitrogens with one attached hydrogen (secondary N) is 1. The van der Waals surface area contributed by atoms with Crippen molar-refractivity contribution in [3.8, 4) is 5.75 Å². The first-order chi connectivity index (χ1) is 17.2. The minimum Gasteiger partial charge on any atom is -0.494 e. The second kappa shape index (κ2) is 11.5. The largest absolute Gasteiger partial charge is 0.494 e. The highest BCUT2D eigenvalue weighted by Gasteiger charge is 2.53. The first-order valence-electron chi connectivity index (χ1n) is 11.7. The maximum absolute atomic E-state index is 13.7. The van der Waals surface area contributed by atoms with Gasteiger partial charge in [-0.3, -0.25) is 4.79 Å². The standard InChI is InChI=1S/C29H30N2O4/c1-2-18-30-28(33)29(21-22-10-5-3-6-11-22)26(23-12-7-4-8-13-23)35-27(31-29)24-14-16-25(17-15-24)34-20-9-19-32/h2-8,10-17,26,32H,1,9,18-21H2,(H,30,33)/t26-,29-/m1/s1. The third-order valence-corrected chi connectivity index (χ3v) is 5.86. The summed E-state index contributed by atoms with van der Waals surface area (Å²) in [5.74, 6) is 0.888. The molecule has 0 spiro atoms. The molecule has 3 aromatic carbocycles. The van der Waals surface area contributed by atoms with Gasteiger partial charge in [0.15, 0.2) is 11.6 Å². The van der Waals surface area contributed by atoms with Crippen LogP contribution in [0.1, 0.15) is 29.2 Å². The molecule has 180 valence electrons. The molecular formula is C29H30N2O4. The topological polar surface area (TPSA) is 80.2 Å². The van der Waals surface area contributed by atoms with Crippen LogP contribution in [0.3, 0.4) is 0 Å². The first kappa shape index (κ1) is 24.2. The van der Waals surface area contributed by atoms with Gasteiger partial charge in [-0.2, -0.15) is 0 Å². The third-order valence-electron chi connectivity index (χ3n) is 5.86. The Bertz CT molecular complexity index is 1150. The predicted octanol–water partition coefficient (Wildman–Crippen LogP) is 4.25. The fraction of sp³-hybridized carbons (Fsp3) is 0.241. The SMILES string of the molecule is C=CCNC(=O)[C@]1(Cc2ccccc2)N=C(c2ccc(OCCCO)cc2)O[C@@H]1c1ccccc1. The Labute approximate surface area is 205 Å². The minimum absolute atomic E-state index is 0.0843. The van der Waals surface area contributed by atoms with Gasteiger partial charge in [0.25, 0.3) is 5.91 Å². The van der Waals surface area contributed by atoms with Crippen LogP contribution in [-0.2, 0) is 16.0 Å². The van der Waals surface area contributed by atoms with Crippen LogP contribution in [0.4, 0.5) is 0 Å². The van der Waals surface area contributed by atoms with E-state index in [0.717, 1.165) is 16.7 Å². The van der Waals surface area contributed by atoms with E-state index in [1.165, 1.54) is 0 Å². The van der Waals surface area contributed by atoms with Crippen LogP contribution >= 0.6 is 0 Å². The summed E-state index contributed by atoms with van der Waals surface area (Å²) in [5.41, 5.74) is 1.42. The van der Waals surface area contributed by atoms with Gasteiger partial charge in [-0.15, -0.1) is 6.58 Å². The van der Waals surface area contributed by atoms with Crippen LogP contribution in [0.5, 0.6) is 5.75 Å². The highest BCUT2D eigenvalue weighted by molar-refractivity contribution is 6.01. The summed E-state index contributed by atoms with van der Waals surface area (Å²) in [6, 6.07) is 27.0. The summed E-state index contributed by atoms with van der Waals surface area (Å²) in [4.78, 5) is 18.7. The van der Waals surface area contributed by atoms with Gasteiger partial charge in [-0.05, 0) is 35.4 Å². The Morgan fingerprint density at radius 3 is 2.40 bits per heavy atom. The molecule has 1 heterocycles. The van der Waals surface area contributed by atoms with E-state index in [2.05, 4.69) is 11.9 Å². The lowest BCUT2D eigenvalue weighted by molar-refractivity contribution is -0.128. The number of hydrogen-bond acceptors (Lipinski definition) is 5. The molecule has 1 aliphatic heterocycles. The van der Waals surface area contributed by atoms with E-state index >= 15 is 0 Å². The second-order valence-electron chi connectivity index (χ2n) is 8.36. The van der Waals surface area contributed by atoms with E-state index < -0.39 is 11.6 Å². The zero-order valence-electron chi connectivity index (χ0n) is 19.6. The van der Waals surface area contributed by atoms with E-state index in [9.17, 15) is 4.79 Å². The summed E-state index contributed by atoms with van der Waals surface area (Å²) >= 11 is 0. The molecule has 0 saturated heterocycles. The summed E-state index contributed by atoms with van der Waals surface area (Å²) in [7, 11) is 0. The normalized spacial score (nSPS) is 18.9. The summed E-state index contributed by atoms with van der Waals surface area (Å²) < 4.78 is 12.1. The highest BCUT2D eigenvalue weighted by atomic mass is 16.5. The fourth-order valence-electron chi connectivity index (χ4n) is 4.14. The molecule has 1 amide bonds. The molecular weight excluding hydrogens is 440 g/mol. The minimum atomic E-state index is -1.20. The van der Waals surface area contributed by atoms with Crippen molar-refractivity contribution in [2.24, 2.45) is 4.99 Å². The molecule has 6 nitrogen and oxygen atoms in total.